The summed E-state index contributed by atoms with van der Waals surface area (Å²) in [6.45, 7) is 6.88. The number of carboxylic acids is 1. The highest BCUT2D eigenvalue weighted by molar-refractivity contribution is 5.66. The molecule has 1 N–H and O–H groups in total. The summed E-state index contributed by atoms with van der Waals surface area (Å²) in [6.07, 6.45) is 60.0. The molecule has 0 aromatic rings. The van der Waals surface area contributed by atoms with Crippen LogP contribution in [0.3, 0.4) is 0 Å². The van der Waals surface area contributed by atoms with Crippen LogP contribution in [0.4, 0.5) is 0 Å². The Bertz CT molecular complexity index is 534. The van der Waals surface area contributed by atoms with Crippen molar-refractivity contribution >= 4 is 5.97 Å². The van der Waals surface area contributed by atoms with Gasteiger partial charge in [0.15, 0.2) is 0 Å². The number of hydrogen-bond donors (Lipinski definition) is 1. The van der Waals surface area contributed by atoms with Crippen LogP contribution in [0.5, 0.6) is 0 Å². The van der Waals surface area contributed by atoms with Gasteiger partial charge in [-0.1, -0.05) is 284 Å². The molecule has 2 heteroatoms. The van der Waals surface area contributed by atoms with Gasteiger partial charge in [0.25, 0.3) is 0 Å². The predicted octanol–water partition coefficient (Wildman–Crippen LogP) is 17.9. The zero-order chi connectivity index (χ0) is 36.0. The van der Waals surface area contributed by atoms with E-state index in [4.69, 9.17) is 5.11 Å². The SMILES string of the molecule is CCCCCCCCCCCCCCCCCCCC(=O)O.CCCCCCCCCCCCCCCCCCCCCCCCCCC. The maximum absolute atomic E-state index is 10.4. The summed E-state index contributed by atoms with van der Waals surface area (Å²) < 4.78 is 0. The van der Waals surface area contributed by atoms with Gasteiger partial charge in [0.2, 0.25) is 0 Å². The van der Waals surface area contributed by atoms with Crippen LogP contribution in [0, 0.1) is 0 Å². The molecule has 0 spiro atoms. The zero-order valence-corrected chi connectivity index (χ0v) is 34.8. The van der Waals surface area contributed by atoms with E-state index in [0.29, 0.717) is 6.42 Å². The van der Waals surface area contributed by atoms with Crippen LogP contribution >= 0.6 is 0 Å². The molecule has 0 heterocycles. The Hall–Kier alpha value is -0.530. The first-order valence-electron chi connectivity index (χ1n) is 23.4. The molecule has 0 fully saturated rings. The molecule has 0 unspecified atom stereocenters. The number of rotatable bonds is 42. The lowest BCUT2D eigenvalue weighted by Gasteiger charge is -2.04. The molecule has 0 rings (SSSR count). The van der Waals surface area contributed by atoms with Gasteiger partial charge in [-0.05, 0) is 6.42 Å². The Morgan fingerprint density at radius 3 is 0.490 bits per heavy atom. The van der Waals surface area contributed by atoms with E-state index in [1.54, 1.807) is 0 Å². The minimum Gasteiger partial charge on any atom is -0.481 e. The van der Waals surface area contributed by atoms with Gasteiger partial charge in [-0.15, -0.1) is 0 Å². The molecular weight excluding hydrogens is 597 g/mol. The lowest BCUT2D eigenvalue weighted by Crippen LogP contribution is -1.93. The second-order valence-electron chi connectivity index (χ2n) is 15.9. The molecular formula is C47H96O2. The van der Waals surface area contributed by atoms with E-state index in [1.807, 2.05) is 0 Å². The summed E-state index contributed by atoms with van der Waals surface area (Å²) >= 11 is 0. The highest BCUT2D eigenvalue weighted by Crippen LogP contribution is 2.17. The third-order valence-electron chi connectivity index (χ3n) is 10.7. The topological polar surface area (TPSA) is 37.3 Å². The van der Waals surface area contributed by atoms with Gasteiger partial charge in [-0.3, -0.25) is 4.79 Å². The second kappa shape index (κ2) is 49.6. The predicted molar refractivity (Wildman–Crippen MR) is 223 cm³/mol. The van der Waals surface area contributed by atoms with Crippen molar-refractivity contribution < 1.29 is 9.90 Å². The summed E-state index contributed by atoms with van der Waals surface area (Å²) in [6, 6.07) is 0. The molecule has 0 aliphatic carbocycles. The van der Waals surface area contributed by atoms with Gasteiger partial charge in [-0.25, -0.2) is 0 Å². The first-order valence-corrected chi connectivity index (χ1v) is 23.4. The average molecular weight is 693 g/mol. The molecule has 296 valence electrons. The molecule has 0 atom stereocenters. The van der Waals surface area contributed by atoms with E-state index in [2.05, 4.69) is 20.8 Å². The van der Waals surface area contributed by atoms with Gasteiger partial charge in [-0.2, -0.15) is 0 Å². The largest absolute Gasteiger partial charge is 0.481 e. The van der Waals surface area contributed by atoms with Crippen LogP contribution in [0.15, 0.2) is 0 Å². The van der Waals surface area contributed by atoms with E-state index in [0.717, 1.165) is 12.8 Å². The number of carbonyl (C=O) groups is 1. The fourth-order valence-corrected chi connectivity index (χ4v) is 7.21. The summed E-state index contributed by atoms with van der Waals surface area (Å²) in [5.41, 5.74) is 0. The highest BCUT2D eigenvalue weighted by Gasteiger charge is 1.98. The monoisotopic (exact) mass is 693 g/mol. The van der Waals surface area contributed by atoms with Crippen molar-refractivity contribution in [3.63, 3.8) is 0 Å². The van der Waals surface area contributed by atoms with Gasteiger partial charge in [0.05, 0.1) is 0 Å². The Morgan fingerprint density at radius 1 is 0.245 bits per heavy atom. The van der Waals surface area contributed by atoms with Crippen molar-refractivity contribution in [3.8, 4) is 0 Å². The van der Waals surface area contributed by atoms with E-state index in [-0.39, 0.29) is 0 Å². The molecule has 0 bridgehead atoms. The third kappa shape index (κ3) is 54.4. The summed E-state index contributed by atoms with van der Waals surface area (Å²) in [5.74, 6) is -0.652. The molecule has 0 amide bonds. The Balaban J connectivity index is 0. The average Bonchev–Trinajstić information content (AvgIpc) is 3.10. The van der Waals surface area contributed by atoms with Crippen molar-refractivity contribution in [3.05, 3.63) is 0 Å². The number of aliphatic carboxylic acids is 1. The standard InChI is InChI=1S/C27H56.C20H40O2/c1-3-5-7-9-11-13-15-17-19-21-23-25-27-26-24-22-20-18-16-14-12-10-8-6-4-2;1-2-3-4-5-6-7-8-9-10-11-12-13-14-15-16-17-18-19-20(21)22/h3-27H2,1-2H3;2-19H2,1H3,(H,21,22). The van der Waals surface area contributed by atoms with Crippen LogP contribution in [0.25, 0.3) is 0 Å². The van der Waals surface area contributed by atoms with Gasteiger partial charge in [0.1, 0.15) is 0 Å². The van der Waals surface area contributed by atoms with Crippen LogP contribution in [0.2, 0.25) is 0 Å². The van der Waals surface area contributed by atoms with Crippen molar-refractivity contribution in [2.75, 3.05) is 0 Å². The maximum Gasteiger partial charge on any atom is 0.303 e. The van der Waals surface area contributed by atoms with Crippen LogP contribution in [-0.4, -0.2) is 11.1 Å². The summed E-state index contributed by atoms with van der Waals surface area (Å²) in [5, 5.41) is 8.54. The van der Waals surface area contributed by atoms with Crippen LogP contribution in [-0.2, 0) is 4.79 Å². The molecule has 49 heavy (non-hydrogen) atoms. The van der Waals surface area contributed by atoms with E-state index in [1.165, 1.54) is 257 Å². The molecule has 2 nitrogen and oxygen atoms in total. The van der Waals surface area contributed by atoms with E-state index >= 15 is 0 Å². The van der Waals surface area contributed by atoms with Gasteiger partial charge < -0.3 is 5.11 Å². The van der Waals surface area contributed by atoms with Crippen molar-refractivity contribution in [1.82, 2.24) is 0 Å². The van der Waals surface area contributed by atoms with E-state index in [9.17, 15) is 4.79 Å². The Morgan fingerprint density at radius 2 is 0.367 bits per heavy atom. The summed E-state index contributed by atoms with van der Waals surface area (Å²) in [4.78, 5) is 10.4. The minimum absolute atomic E-state index is 0.346. The first kappa shape index (κ1) is 50.6. The molecule has 0 aromatic heterocycles. The Kier molecular flexibility index (Phi) is 51.2. The van der Waals surface area contributed by atoms with Crippen LogP contribution in [0.1, 0.15) is 297 Å². The second-order valence-corrected chi connectivity index (χ2v) is 15.9. The lowest BCUT2D eigenvalue weighted by molar-refractivity contribution is -0.137. The third-order valence-corrected chi connectivity index (χ3v) is 10.7. The van der Waals surface area contributed by atoms with Crippen LogP contribution < -0.4 is 0 Å². The smallest absolute Gasteiger partial charge is 0.303 e. The molecule has 0 aliphatic rings. The van der Waals surface area contributed by atoms with Crippen molar-refractivity contribution in [2.45, 2.75) is 297 Å². The molecule has 0 aliphatic heterocycles. The molecule has 0 saturated heterocycles. The quantitative estimate of drug-likeness (QED) is 0.0647. The van der Waals surface area contributed by atoms with Gasteiger partial charge >= 0.3 is 5.97 Å². The van der Waals surface area contributed by atoms with E-state index < -0.39 is 5.97 Å². The number of hydrogen-bond acceptors (Lipinski definition) is 1. The fraction of sp³-hybridized carbons (Fsp3) is 0.979. The molecule has 0 saturated carbocycles. The maximum atomic E-state index is 10.4. The lowest BCUT2D eigenvalue weighted by atomic mass is 10.0. The van der Waals surface area contributed by atoms with Crippen molar-refractivity contribution in [1.29, 1.82) is 0 Å². The number of carboxylic acid groups (broad SMARTS) is 1. The molecule has 0 aromatic carbocycles. The highest BCUT2D eigenvalue weighted by atomic mass is 16.4. The number of unbranched alkanes of at least 4 members (excludes halogenated alkanes) is 40. The minimum atomic E-state index is -0.652. The fourth-order valence-electron chi connectivity index (χ4n) is 7.21. The normalized spacial score (nSPS) is 11.2. The first-order chi connectivity index (χ1) is 24.2. The summed E-state index contributed by atoms with van der Waals surface area (Å²) in [7, 11) is 0. The molecule has 0 radical (unpaired) electrons. The van der Waals surface area contributed by atoms with Gasteiger partial charge in [0, 0.05) is 6.42 Å². The van der Waals surface area contributed by atoms with Crippen molar-refractivity contribution in [2.24, 2.45) is 0 Å². The zero-order valence-electron chi connectivity index (χ0n) is 34.8. The Labute approximate surface area is 311 Å².